The Morgan fingerprint density at radius 2 is 1.87 bits per heavy atom. The van der Waals surface area contributed by atoms with E-state index in [4.69, 9.17) is 11.6 Å². The van der Waals surface area contributed by atoms with E-state index >= 15 is 0 Å². The van der Waals surface area contributed by atoms with Crippen LogP contribution in [0.3, 0.4) is 0 Å². The van der Waals surface area contributed by atoms with E-state index < -0.39 is 0 Å². The molecule has 5 heteroatoms. The second kappa shape index (κ2) is 4.24. The van der Waals surface area contributed by atoms with Crippen molar-refractivity contribution < 1.29 is 4.39 Å². The van der Waals surface area contributed by atoms with E-state index in [1.807, 2.05) is 0 Å². The van der Waals surface area contributed by atoms with Crippen LogP contribution in [0, 0.1) is 5.82 Å². The molecule has 0 fully saturated rings. The Kier molecular flexibility index (Phi) is 2.98. The number of rotatable bonds is 1. The Morgan fingerprint density at radius 3 is 2.47 bits per heavy atom. The summed E-state index contributed by atoms with van der Waals surface area (Å²) in [6, 6.07) is 5.92. The van der Waals surface area contributed by atoms with Gasteiger partial charge in [0.15, 0.2) is 5.82 Å². The van der Waals surface area contributed by atoms with Crippen molar-refractivity contribution >= 4 is 27.5 Å². The second-order valence-corrected chi connectivity index (χ2v) is 4.05. The van der Waals surface area contributed by atoms with Gasteiger partial charge in [0.05, 0.1) is 4.47 Å². The molecule has 1 aromatic heterocycles. The van der Waals surface area contributed by atoms with E-state index in [2.05, 4.69) is 25.9 Å². The maximum absolute atomic E-state index is 12.7. The van der Waals surface area contributed by atoms with Gasteiger partial charge >= 0.3 is 0 Å². The lowest BCUT2D eigenvalue weighted by molar-refractivity contribution is 0.628. The summed E-state index contributed by atoms with van der Waals surface area (Å²) in [5.41, 5.74) is 0.728. The average Bonchev–Trinajstić information content (AvgIpc) is 2.23. The molecule has 2 aromatic rings. The molecule has 2 nitrogen and oxygen atoms in total. The highest BCUT2D eigenvalue weighted by Gasteiger charge is 2.04. The van der Waals surface area contributed by atoms with E-state index in [9.17, 15) is 4.39 Å². The molecule has 1 aromatic carbocycles. The molecule has 0 radical (unpaired) electrons. The zero-order chi connectivity index (χ0) is 10.8. The fourth-order valence-corrected chi connectivity index (χ4v) is 1.40. The van der Waals surface area contributed by atoms with Gasteiger partial charge in [-0.1, -0.05) is 11.6 Å². The first-order chi connectivity index (χ1) is 7.16. The van der Waals surface area contributed by atoms with Crippen LogP contribution in [-0.4, -0.2) is 9.97 Å². The van der Waals surface area contributed by atoms with Crippen molar-refractivity contribution in [2.45, 2.75) is 0 Å². The monoisotopic (exact) mass is 286 g/mol. The molecule has 1 heterocycles. The number of hydrogen-bond donors (Lipinski definition) is 0. The average molecular weight is 288 g/mol. The highest BCUT2D eigenvalue weighted by atomic mass is 79.9. The Balaban J connectivity index is 2.45. The normalized spacial score (nSPS) is 10.3. The summed E-state index contributed by atoms with van der Waals surface area (Å²) in [5.74, 6) is 0.185. The summed E-state index contributed by atoms with van der Waals surface area (Å²) >= 11 is 9.02. The highest BCUT2D eigenvalue weighted by Crippen LogP contribution is 2.22. The van der Waals surface area contributed by atoms with Gasteiger partial charge in [0, 0.05) is 11.8 Å². The quantitative estimate of drug-likeness (QED) is 0.747. The minimum atomic E-state index is -0.290. The minimum absolute atomic E-state index is 0.290. The molecule has 0 bridgehead atoms. The molecule has 0 aliphatic carbocycles. The van der Waals surface area contributed by atoms with E-state index in [1.165, 1.54) is 12.1 Å². The summed E-state index contributed by atoms with van der Waals surface area (Å²) in [4.78, 5) is 8.13. The van der Waals surface area contributed by atoms with Crippen LogP contribution in [0.1, 0.15) is 0 Å². The topological polar surface area (TPSA) is 25.8 Å². The molecular weight excluding hydrogens is 282 g/mol. The van der Waals surface area contributed by atoms with Crippen molar-refractivity contribution in [3.05, 3.63) is 45.9 Å². The molecule has 0 amide bonds. The number of aromatic nitrogens is 2. The molecule has 0 N–H and O–H groups in total. The molecular formula is C10H5BrClFN2. The maximum Gasteiger partial charge on any atom is 0.160 e. The molecule has 0 atom stereocenters. The molecule has 0 aliphatic heterocycles. The van der Waals surface area contributed by atoms with E-state index in [-0.39, 0.29) is 5.82 Å². The van der Waals surface area contributed by atoms with Gasteiger partial charge in [-0.2, -0.15) is 0 Å². The molecule has 76 valence electrons. The first kappa shape index (κ1) is 10.5. The third kappa shape index (κ3) is 2.33. The van der Waals surface area contributed by atoms with Crippen molar-refractivity contribution in [1.29, 1.82) is 0 Å². The van der Waals surface area contributed by atoms with Crippen molar-refractivity contribution in [1.82, 2.24) is 9.97 Å². The summed E-state index contributed by atoms with van der Waals surface area (Å²) < 4.78 is 13.3. The molecule has 15 heavy (non-hydrogen) atoms. The Bertz CT molecular complexity index is 487. The summed E-state index contributed by atoms with van der Waals surface area (Å²) in [5, 5.41) is 0.337. The molecule has 0 unspecified atom stereocenters. The van der Waals surface area contributed by atoms with Crippen LogP contribution in [0.2, 0.25) is 5.15 Å². The van der Waals surface area contributed by atoms with Crippen LogP contribution in [0.15, 0.2) is 34.9 Å². The first-order valence-corrected chi connectivity index (χ1v) is 5.28. The number of hydrogen-bond acceptors (Lipinski definition) is 2. The predicted octanol–water partition coefficient (Wildman–Crippen LogP) is 3.70. The SMILES string of the molecule is Fc1ccc(-c2ncc(Br)c(Cl)n2)cc1. The Morgan fingerprint density at radius 1 is 1.20 bits per heavy atom. The maximum atomic E-state index is 12.7. The van der Waals surface area contributed by atoms with Crippen molar-refractivity contribution in [3.63, 3.8) is 0 Å². The second-order valence-electron chi connectivity index (χ2n) is 2.84. The van der Waals surface area contributed by atoms with Crippen LogP contribution in [-0.2, 0) is 0 Å². The predicted molar refractivity (Wildman–Crippen MR) is 60.1 cm³/mol. The zero-order valence-corrected chi connectivity index (χ0v) is 9.76. The smallest absolute Gasteiger partial charge is 0.160 e. The first-order valence-electron chi connectivity index (χ1n) is 4.11. The molecule has 2 rings (SSSR count). The van der Waals surface area contributed by atoms with Gasteiger partial charge in [0.1, 0.15) is 11.0 Å². The van der Waals surface area contributed by atoms with Gasteiger partial charge in [-0.25, -0.2) is 14.4 Å². The van der Waals surface area contributed by atoms with Gasteiger partial charge in [-0.15, -0.1) is 0 Å². The van der Waals surface area contributed by atoms with Gasteiger partial charge in [0.2, 0.25) is 0 Å². The third-order valence-corrected chi connectivity index (χ3v) is 2.90. The fourth-order valence-electron chi connectivity index (χ4n) is 1.08. The van der Waals surface area contributed by atoms with Gasteiger partial charge in [-0.3, -0.25) is 0 Å². The van der Waals surface area contributed by atoms with E-state index in [1.54, 1.807) is 18.3 Å². The van der Waals surface area contributed by atoms with E-state index in [0.717, 1.165) is 5.56 Å². The van der Waals surface area contributed by atoms with E-state index in [0.29, 0.717) is 15.5 Å². The lowest BCUT2D eigenvalue weighted by Crippen LogP contribution is -1.89. The largest absolute Gasteiger partial charge is 0.235 e. The molecule has 0 spiro atoms. The minimum Gasteiger partial charge on any atom is -0.235 e. The van der Waals surface area contributed by atoms with Crippen LogP contribution < -0.4 is 0 Å². The van der Waals surface area contributed by atoms with Crippen molar-refractivity contribution in [2.24, 2.45) is 0 Å². The summed E-state index contributed by atoms with van der Waals surface area (Å²) in [7, 11) is 0. The van der Waals surface area contributed by atoms with Gasteiger partial charge in [0.25, 0.3) is 0 Å². The van der Waals surface area contributed by atoms with Gasteiger partial charge in [-0.05, 0) is 40.2 Å². The van der Waals surface area contributed by atoms with Crippen molar-refractivity contribution in [3.8, 4) is 11.4 Å². The van der Waals surface area contributed by atoms with Gasteiger partial charge < -0.3 is 0 Å². The standard InChI is InChI=1S/C10H5BrClFN2/c11-8-5-14-10(15-9(8)12)6-1-3-7(13)4-2-6/h1-5H. The number of halogens is 3. The molecule has 0 saturated carbocycles. The highest BCUT2D eigenvalue weighted by molar-refractivity contribution is 9.10. The molecule has 0 saturated heterocycles. The van der Waals surface area contributed by atoms with Crippen molar-refractivity contribution in [2.75, 3.05) is 0 Å². The Hall–Kier alpha value is -1.00. The lowest BCUT2D eigenvalue weighted by atomic mass is 10.2. The zero-order valence-electron chi connectivity index (χ0n) is 7.42. The van der Waals surface area contributed by atoms with Crippen LogP contribution in [0.25, 0.3) is 11.4 Å². The number of benzene rings is 1. The van der Waals surface area contributed by atoms with Crippen LogP contribution in [0.5, 0.6) is 0 Å². The molecule has 0 aliphatic rings. The number of nitrogens with zero attached hydrogens (tertiary/aromatic N) is 2. The third-order valence-electron chi connectivity index (χ3n) is 1.80. The van der Waals surface area contributed by atoms with Crippen LogP contribution in [0.4, 0.5) is 4.39 Å². The summed E-state index contributed by atoms with van der Waals surface area (Å²) in [6.45, 7) is 0. The lowest BCUT2D eigenvalue weighted by Gasteiger charge is -2.01. The summed E-state index contributed by atoms with van der Waals surface area (Å²) in [6.07, 6.45) is 1.56. The van der Waals surface area contributed by atoms with Crippen LogP contribution >= 0.6 is 27.5 Å². The Labute approximate surface area is 99.3 Å². The fraction of sp³-hybridized carbons (Fsp3) is 0.